The number of alkyl halides is 2. The molecule has 4 nitrogen and oxygen atoms in total. The molecule has 0 amide bonds. The second kappa shape index (κ2) is 8.11. The average molecular weight is 426 g/mol. The topological polar surface area (TPSA) is 54.6 Å². The van der Waals surface area contributed by atoms with Crippen LogP contribution in [0.15, 0.2) is 71.7 Å². The monoisotopic (exact) mass is 426 g/mol. The van der Waals surface area contributed by atoms with Crippen LogP contribution in [-0.2, 0) is 4.74 Å². The molecule has 0 saturated heterocycles. The molecule has 0 fully saturated rings. The lowest BCUT2D eigenvalue weighted by atomic mass is 10.0. The van der Waals surface area contributed by atoms with Crippen LogP contribution in [0.3, 0.4) is 0 Å². The van der Waals surface area contributed by atoms with E-state index in [2.05, 4.69) is 9.73 Å². The number of halogens is 4. The molecule has 0 N–H and O–H groups in total. The molecule has 0 bridgehead atoms. The molecule has 0 aromatic heterocycles. The van der Waals surface area contributed by atoms with Crippen molar-refractivity contribution in [3.63, 3.8) is 0 Å². The van der Waals surface area contributed by atoms with Crippen LogP contribution in [0.25, 0.3) is 11.1 Å². The molecule has 1 aliphatic heterocycles. The van der Waals surface area contributed by atoms with E-state index in [1.807, 2.05) is 24.3 Å². The Morgan fingerprint density at radius 2 is 1.52 bits per heavy atom. The minimum Gasteiger partial charge on any atom is -0.475 e. The molecular weight excluding hydrogens is 412 g/mol. The summed E-state index contributed by atoms with van der Waals surface area (Å²) in [6.45, 7) is 0.154. The molecule has 1 unspecified atom stereocenters. The Kier molecular flexibility index (Phi) is 5.34. The van der Waals surface area contributed by atoms with Gasteiger partial charge in [0.05, 0.1) is 0 Å². The van der Waals surface area contributed by atoms with Gasteiger partial charge in [-0.15, -0.1) is 8.78 Å². The first-order valence-electron chi connectivity index (χ1n) is 9.20. The number of hydrogen-bond donors (Lipinski definition) is 0. The van der Waals surface area contributed by atoms with Gasteiger partial charge in [-0.1, -0.05) is 42.5 Å². The maximum Gasteiger partial charge on any atom is 0.494 e. The lowest BCUT2D eigenvalue weighted by Crippen LogP contribution is -2.21. The third-order valence-electron chi connectivity index (χ3n) is 4.69. The summed E-state index contributed by atoms with van der Waals surface area (Å²) < 4.78 is 63.6. The smallest absolute Gasteiger partial charge is 0.475 e. The van der Waals surface area contributed by atoms with Crippen molar-refractivity contribution in [2.45, 2.75) is 12.2 Å². The van der Waals surface area contributed by atoms with Crippen molar-refractivity contribution >= 4 is 5.90 Å². The van der Waals surface area contributed by atoms with Crippen molar-refractivity contribution in [2.75, 3.05) is 6.61 Å². The standard InChI is InChI=1S/C23H14F4N2O2/c24-18-2-1-3-19(25)21(18)22-29-20(12-30-22)16-6-4-14(5-7-16)15-8-10-17(11-9-15)31-23(26,27)13-28/h1-11,20H,12H2. The van der Waals surface area contributed by atoms with Crippen molar-refractivity contribution in [3.8, 4) is 22.9 Å². The lowest BCUT2D eigenvalue weighted by Gasteiger charge is -2.11. The molecular formula is C23H14F4N2O2. The zero-order chi connectivity index (χ0) is 22.0. The molecule has 3 aromatic rings. The van der Waals surface area contributed by atoms with Gasteiger partial charge in [0.15, 0.2) is 6.07 Å². The summed E-state index contributed by atoms with van der Waals surface area (Å²) in [7, 11) is 0. The highest BCUT2D eigenvalue weighted by Crippen LogP contribution is 2.30. The Morgan fingerprint density at radius 3 is 2.10 bits per heavy atom. The fraction of sp³-hybridized carbons (Fsp3) is 0.130. The van der Waals surface area contributed by atoms with E-state index in [9.17, 15) is 17.6 Å². The van der Waals surface area contributed by atoms with Crippen LogP contribution in [0.2, 0.25) is 0 Å². The summed E-state index contributed by atoms with van der Waals surface area (Å²) in [4.78, 5) is 4.31. The third kappa shape index (κ3) is 4.36. The number of nitrogens with zero attached hydrogens (tertiary/aromatic N) is 2. The predicted octanol–water partition coefficient (Wildman–Crippen LogP) is 5.65. The number of rotatable bonds is 5. The van der Waals surface area contributed by atoms with Gasteiger partial charge in [0.1, 0.15) is 35.6 Å². The molecule has 156 valence electrons. The van der Waals surface area contributed by atoms with Crippen LogP contribution in [0, 0.1) is 23.0 Å². The third-order valence-corrected chi connectivity index (χ3v) is 4.69. The van der Waals surface area contributed by atoms with E-state index in [0.717, 1.165) is 34.9 Å². The van der Waals surface area contributed by atoms with E-state index >= 15 is 0 Å². The fourth-order valence-corrected chi connectivity index (χ4v) is 3.17. The molecule has 31 heavy (non-hydrogen) atoms. The first-order chi connectivity index (χ1) is 14.9. The van der Waals surface area contributed by atoms with E-state index in [-0.39, 0.29) is 23.8 Å². The molecule has 3 aromatic carbocycles. The second-order valence-electron chi connectivity index (χ2n) is 6.73. The summed E-state index contributed by atoms with van der Waals surface area (Å²) in [5, 5.41) is 8.33. The van der Waals surface area contributed by atoms with Crippen LogP contribution in [-0.4, -0.2) is 18.6 Å². The van der Waals surface area contributed by atoms with Crippen LogP contribution < -0.4 is 4.74 Å². The highest BCUT2D eigenvalue weighted by molar-refractivity contribution is 5.95. The van der Waals surface area contributed by atoms with Gasteiger partial charge in [0.25, 0.3) is 0 Å². The SMILES string of the molecule is N#CC(F)(F)Oc1ccc(-c2ccc(C3COC(c4c(F)cccc4F)=N3)cc2)cc1. The van der Waals surface area contributed by atoms with E-state index in [1.165, 1.54) is 18.2 Å². The van der Waals surface area contributed by atoms with Gasteiger partial charge in [0, 0.05) is 0 Å². The van der Waals surface area contributed by atoms with E-state index in [1.54, 1.807) is 12.1 Å². The molecule has 1 heterocycles. The lowest BCUT2D eigenvalue weighted by molar-refractivity contribution is -0.124. The molecule has 8 heteroatoms. The largest absolute Gasteiger partial charge is 0.494 e. The number of hydrogen-bond acceptors (Lipinski definition) is 4. The van der Waals surface area contributed by atoms with Gasteiger partial charge in [-0.3, -0.25) is 0 Å². The van der Waals surface area contributed by atoms with E-state index < -0.39 is 23.8 Å². The Hall–Kier alpha value is -3.86. The number of aliphatic imine (C=N–C) groups is 1. The van der Waals surface area contributed by atoms with Gasteiger partial charge in [-0.25, -0.2) is 13.8 Å². The second-order valence-corrected chi connectivity index (χ2v) is 6.73. The van der Waals surface area contributed by atoms with Crippen molar-refractivity contribution in [2.24, 2.45) is 4.99 Å². The Morgan fingerprint density at radius 1 is 0.935 bits per heavy atom. The van der Waals surface area contributed by atoms with Gasteiger partial charge in [-0.2, -0.15) is 5.26 Å². The molecule has 0 saturated carbocycles. The minimum absolute atomic E-state index is 0.0746. The van der Waals surface area contributed by atoms with Crippen molar-refractivity contribution in [1.29, 1.82) is 5.26 Å². The maximum atomic E-state index is 13.9. The maximum absolute atomic E-state index is 13.9. The summed E-state index contributed by atoms with van der Waals surface area (Å²) in [6.07, 6.45) is -3.89. The molecule has 1 aliphatic rings. The molecule has 0 aliphatic carbocycles. The van der Waals surface area contributed by atoms with Gasteiger partial charge < -0.3 is 9.47 Å². The Balaban J connectivity index is 1.50. The van der Waals surface area contributed by atoms with Crippen LogP contribution in [0.1, 0.15) is 17.2 Å². The first-order valence-corrected chi connectivity index (χ1v) is 9.20. The van der Waals surface area contributed by atoms with Crippen molar-refractivity contribution in [3.05, 3.63) is 89.5 Å². The van der Waals surface area contributed by atoms with Crippen LogP contribution >= 0.6 is 0 Å². The minimum atomic E-state index is -3.89. The van der Waals surface area contributed by atoms with Crippen molar-refractivity contribution < 1.29 is 27.0 Å². The predicted molar refractivity (Wildman–Crippen MR) is 105 cm³/mol. The van der Waals surface area contributed by atoms with Gasteiger partial charge in [0.2, 0.25) is 5.90 Å². The van der Waals surface area contributed by atoms with Gasteiger partial charge in [-0.05, 0) is 41.0 Å². The molecule has 4 rings (SSSR count). The summed E-state index contributed by atoms with van der Waals surface area (Å²) in [6, 6.07) is 17.0. The number of nitriles is 1. The van der Waals surface area contributed by atoms with Gasteiger partial charge >= 0.3 is 6.11 Å². The van der Waals surface area contributed by atoms with Crippen molar-refractivity contribution in [1.82, 2.24) is 0 Å². The average Bonchev–Trinajstić information content (AvgIpc) is 3.24. The summed E-state index contributed by atoms with van der Waals surface area (Å²) >= 11 is 0. The highest BCUT2D eigenvalue weighted by atomic mass is 19.3. The quantitative estimate of drug-likeness (QED) is 0.496. The molecule has 1 atom stereocenters. The fourth-order valence-electron chi connectivity index (χ4n) is 3.17. The molecule has 0 spiro atoms. The number of benzene rings is 3. The highest BCUT2D eigenvalue weighted by Gasteiger charge is 2.31. The molecule has 0 radical (unpaired) electrons. The van der Waals surface area contributed by atoms with Crippen LogP contribution in [0.5, 0.6) is 5.75 Å². The van der Waals surface area contributed by atoms with E-state index in [0.29, 0.717) is 0 Å². The van der Waals surface area contributed by atoms with E-state index in [4.69, 9.17) is 10.00 Å². The normalized spacial score (nSPS) is 15.7. The Bertz CT molecular complexity index is 1150. The zero-order valence-electron chi connectivity index (χ0n) is 15.9. The Labute approximate surface area is 175 Å². The summed E-state index contributed by atoms with van der Waals surface area (Å²) in [5.41, 5.74) is 2.07. The number of ether oxygens (including phenoxy) is 2. The van der Waals surface area contributed by atoms with Crippen LogP contribution in [0.4, 0.5) is 17.6 Å². The zero-order valence-corrected chi connectivity index (χ0v) is 15.9. The summed E-state index contributed by atoms with van der Waals surface area (Å²) in [5.74, 6) is -1.68. The first kappa shape index (κ1) is 20.4.